The van der Waals surface area contributed by atoms with Crippen molar-refractivity contribution in [2.24, 2.45) is 0 Å². The standard InChI is InChI=1S/C19H22FNOS/c1-2-15-7-9-16(10-8-15)13-21-19(22)11-12-23-14-17-5-3-4-6-18(17)20/h3-10H,2,11-14H2,1H3,(H,21,22). The number of nitrogens with one attached hydrogen (secondary N) is 1. The molecule has 0 saturated heterocycles. The summed E-state index contributed by atoms with van der Waals surface area (Å²) in [5.74, 6) is 1.14. The molecule has 0 aromatic heterocycles. The first-order valence-corrected chi connectivity index (χ1v) is 9.00. The highest BCUT2D eigenvalue weighted by atomic mass is 32.2. The van der Waals surface area contributed by atoms with Crippen molar-refractivity contribution in [3.05, 3.63) is 71.0 Å². The van der Waals surface area contributed by atoms with Crippen LogP contribution in [0.1, 0.15) is 30.0 Å². The van der Waals surface area contributed by atoms with Gasteiger partial charge >= 0.3 is 0 Å². The molecule has 122 valence electrons. The molecule has 4 heteroatoms. The molecule has 0 unspecified atom stereocenters. The van der Waals surface area contributed by atoms with Crippen LogP contribution in [-0.2, 0) is 23.5 Å². The number of hydrogen-bond acceptors (Lipinski definition) is 2. The number of carbonyl (C=O) groups is 1. The second-order valence-electron chi connectivity index (χ2n) is 5.34. The SMILES string of the molecule is CCc1ccc(CNC(=O)CCSCc2ccccc2F)cc1. The summed E-state index contributed by atoms with van der Waals surface area (Å²) in [5.41, 5.74) is 3.09. The normalized spacial score (nSPS) is 10.5. The Morgan fingerprint density at radius 3 is 2.48 bits per heavy atom. The first kappa shape index (κ1) is 17.5. The van der Waals surface area contributed by atoms with Crippen LogP contribution in [0.4, 0.5) is 4.39 Å². The number of hydrogen-bond donors (Lipinski definition) is 1. The molecule has 0 heterocycles. The van der Waals surface area contributed by atoms with Gasteiger partial charge in [-0.25, -0.2) is 4.39 Å². The minimum absolute atomic E-state index is 0.0330. The average Bonchev–Trinajstić information content (AvgIpc) is 2.59. The Kier molecular flexibility index (Phi) is 7.14. The van der Waals surface area contributed by atoms with E-state index < -0.39 is 0 Å². The maximum absolute atomic E-state index is 13.4. The maximum Gasteiger partial charge on any atom is 0.221 e. The van der Waals surface area contributed by atoms with E-state index in [1.54, 1.807) is 23.9 Å². The summed E-state index contributed by atoms with van der Waals surface area (Å²) in [7, 11) is 0. The van der Waals surface area contributed by atoms with E-state index in [0.29, 0.717) is 30.0 Å². The number of thioether (sulfide) groups is 1. The number of carbonyl (C=O) groups excluding carboxylic acids is 1. The Hall–Kier alpha value is -1.81. The summed E-state index contributed by atoms with van der Waals surface area (Å²) in [6.07, 6.45) is 1.47. The third-order valence-corrected chi connectivity index (χ3v) is 4.62. The molecule has 0 bridgehead atoms. The summed E-state index contributed by atoms with van der Waals surface area (Å²) in [6.45, 7) is 2.68. The van der Waals surface area contributed by atoms with E-state index in [4.69, 9.17) is 0 Å². The molecule has 1 amide bonds. The zero-order valence-electron chi connectivity index (χ0n) is 13.3. The lowest BCUT2D eigenvalue weighted by molar-refractivity contribution is -0.120. The first-order chi connectivity index (χ1) is 11.2. The minimum Gasteiger partial charge on any atom is -0.352 e. The van der Waals surface area contributed by atoms with Gasteiger partial charge in [0.25, 0.3) is 0 Å². The fraction of sp³-hybridized carbons (Fsp3) is 0.316. The molecule has 0 atom stereocenters. The summed E-state index contributed by atoms with van der Waals surface area (Å²) >= 11 is 1.57. The van der Waals surface area contributed by atoms with Crippen LogP contribution in [0.15, 0.2) is 48.5 Å². The number of benzene rings is 2. The minimum atomic E-state index is -0.181. The van der Waals surface area contributed by atoms with Crippen LogP contribution < -0.4 is 5.32 Å². The lowest BCUT2D eigenvalue weighted by Gasteiger charge is -2.06. The monoisotopic (exact) mass is 331 g/mol. The highest BCUT2D eigenvalue weighted by Crippen LogP contribution is 2.16. The fourth-order valence-electron chi connectivity index (χ4n) is 2.14. The molecule has 0 spiro atoms. The fourth-order valence-corrected chi connectivity index (χ4v) is 3.07. The van der Waals surface area contributed by atoms with Gasteiger partial charge in [0.05, 0.1) is 0 Å². The second kappa shape index (κ2) is 9.36. The quantitative estimate of drug-likeness (QED) is 0.730. The van der Waals surface area contributed by atoms with Crippen molar-refractivity contribution in [2.45, 2.75) is 32.1 Å². The van der Waals surface area contributed by atoms with E-state index >= 15 is 0 Å². The lowest BCUT2D eigenvalue weighted by Crippen LogP contribution is -2.23. The van der Waals surface area contributed by atoms with Crippen molar-refractivity contribution in [2.75, 3.05) is 5.75 Å². The molecule has 0 aliphatic heterocycles. The summed E-state index contributed by atoms with van der Waals surface area (Å²) in [4.78, 5) is 11.8. The molecule has 23 heavy (non-hydrogen) atoms. The third-order valence-electron chi connectivity index (χ3n) is 3.61. The van der Waals surface area contributed by atoms with Crippen LogP contribution in [0.2, 0.25) is 0 Å². The Balaban J connectivity index is 1.64. The Bertz CT molecular complexity index is 628. The van der Waals surface area contributed by atoms with Crippen molar-refractivity contribution < 1.29 is 9.18 Å². The van der Waals surface area contributed by atoms with Gasteiger partial charge in [-0.3, -0.25) is 4.79 Å². The molecule has 0 aliphatic carbocycles. The zero-order valence-corrected chi connectivity index (χ0v) is 14.2. The van der Waals surface area contributed by atoms with Gasteiger partial charge < -0.3 is 5.32 Å². The van der Waals surface area contributed by atoms with Gasteiger partial charge in [-0.2, -0.15) is 11.8 Å². The molecular weight excluding hydrogens is 309 g/mol. The van der Waals surface area contributed by atoms with Crippen LogP contribution in [0, 0.1) is 5.82 Å². The molecule has 0 fully saturated rings. The summed E-state index contributed by atoms with van der Waals surface area (Å²) < 4.78 is 13.4. The smallest absolute Gasteiger partial charge is 0.221 e. The topological polar surface area (TPSA) is 29.1 Å². The van der Waals surface area contributed by atoms with Crippen LogP contribution in [0.3, 0.4) is 0 Å². The van der Waals surface area contributed by atoms with Crippen molar-refractivity contribution in [1.82, 2.24) is 5.32 Å². The second-order valence-corrected chi connectivity index (χ2v) is 6.45. The van der Waals surface area contributed by atoms with Crippen LogP contribution in [-0.4, -0.2) is 11.7 Å². The molecule has 2 nitrogen and oxygen atoms in total. The van der Waals surface area contributed by atoms with Gasteiger partial charge in [-0.1, -0.05) is 49.4 Å². The summed E-state index contributed by atoms with van der Waals surface area (Å²) in [6, 6.07) is 15.0. The van der Waals surface area contributed by atoms with E-state index in [9.17, 15) is 9.18 Å². The van der Waals surface area contributed by atoms with Crippen molar-refractivity contribution in [3.8, 4) is 0 Å². The number of halogens is 1. The molecule has 0 aliphatic rings. The van der Waals surface area contributed by atoms with Crippen LogP contribution in [0.25, 0.3) is 0 Å². The predicted octanol–water partition coefficient (Wildman–Crippen LogP) is 4.33. The Morgan fingerprint density at radius 1 is 1.09 bits per heavy atom. The molecule has 0 radical (unpaired) electrons. The Morgan fingerprint density at radius 2 is 1.78 bits per heavy atom. The average molecular weight is 331 g/mol. The summed E-state index contributed by atoms with van der Waals surface area (Å²) in [5, 5.41) is 2.92. The number of aryl methyl sites for hydroxylation is 1. The van der Waals surface area contributed by atoms with Crippen LogP contribution >= 0.6 is 11.8 Å². The van der Waals surface area contributed by atoms with Gasteiger partial charge in [0, 0.05) is 24.5 Å². The van der Waals surface area contributed by atoms with E-state index in [-0.39, 0.29) is 11.7 Å². The zero-order chi connectivity index (χ0) is 16.5. The van der Waals surface area contributed by atoms with Gasteiger partial charge in [-0.15, -0.1) is 0 Å². The van der Waals surface area contributed by atoms with Gasteiger partial charge in [0.15, 0.2) is 0 Å². The van der Waals surface area contributed by atoms with E-state index in [1.165, 1.54) is 11.6 Å². The highest BCUT2D eigenvalue weighted by molar-refractivity contribution is 7.98. The number of amides is 1. The Labute approximate surface area is 141 Å². The van der Waals surface area contributed by atoms with E-state index in [0.717, 1.165) is 12.0 Å². The molecule has 2 aromatic carbocycles. The highest BCUT2D eigenvalue weighted by Gasteiger charge is 2.04. The van der Waals surface area contributed by atoms with Crippen LogP contribution in [0.5, 0.6) is 0 Å². The largest absolute Gasteiger partial charge is 0.352 e. The van der Waals surface area contributed by atoms with E-state index in [2.05, 4.69) is 24.4 Å². The predicted molar refractivity (Wildman–Crippen MR) is 94.8 cm³/mol. The molecule has 2 aromatic rings. The number of rotatable bonds is 8. The molecule has 2 rings (SSSR count). The molecule has 0 saturated carbocycles. The van der Waals surface area contributed by atoms with Gasteiger partial charge in [0.2, 0.25) is 5.91 Å². The van der Waals surface area contributed by atoms with Gasteiger partial charge in [0.1, 0.15) is 5.82 Å². The first-order valence-electron chi connectivity index (χ1n) is 7.84. The van der Waals surface area contributed by atoms with Gasteiger partial charge in [-0.05, 0) is 29.2 Å². The third kappa shape index (κ3) is 6.06. The van der Waals surface area contributed by atoms with Crippen molar-refractivity contribution in [1.29, 1.82) is 0 Å². The molecule has 1 N–H and O–H groups in total. The lowest BCUT2D eigenvalue weighted by atomic mass is 10.1. The van der Waals surface area contributed by atoms with Crippen molar-refractivity contribution in [3.63, 3.8) is 0 Å². The molecular formula is C19H22FNOS. The van der Waals surface area contributed by atoms with Crippen molar-refractivity contribution >= 4 is 17.7 Å². The maximum atomic E-state index is 13.4. The van der Waals surface area contributed by atoms with E-state index in [1.807, 2.05) is 18.2 Å².